The van der Waals surface area contributed by atoms with Crippen LogP contribution in [0, 0.1) is 0 Å². The monoisotopic (exact) mass is 448 g/mol. The Morgan fingerprint density at radius 3 is 2.53 bits per heavy atom. The molecule has 1 aliphatic rings. The Bertz CT molecular complexity index is 1180. The molecule has 1 unspecified atom stereocenters. The Labute approximate surface area is 190 Å². The SMILES string of the molecule is CCCOc1ccc(/C(O)=C2\C(=O)C(=O)N(c3cccc(Cl)c3)C2c2ccccn2)cc1. The quantitative estimate of drug-likeness (QED) is 0.320. The predicted octanol–water partition coefficient (Wildman–Crippen LogP) is 5.15. The summed E-state index contributed by atoms with van der Waals surface area (Å²) >= 11 is 6.14. The number of benzene rings is 2. The summed E-state index contributed by atoms with van der Waals surface area (Å²) in [6, 6.07) is 17.7. The molecule has 1 saturated heterocycles. The van der Waals surface area contributed by atoms with Crippen molar-refractivity contribution in [2.45, 2.75) is 19.4 Å². The zero-order chi connectivity index (χ0) is 22.7. The van der Waals surface area contributed by atoms with Gasteiger partial charge in [0.2, 0.25) is 0 Å². The summed E-state index contributed by atoms with van der Waals surface area (Å²) in [5, 5.41) is 11.5. The van der Waals surface area contributed by atoms with E-state index >= 15 is 0 Å². The van der Waals surface area contributed by atoms with E-state index < -0.39 is 17.7 Å². The summed E-state index contributed by atoms with van der Waals surface area (Å²) in [4.78, 5) is 31.8. The molecule has 1 amide bonds. The van der Waals surface area contributed by atoms with Gasteiger partial charge in [-0.25, -0.2) is 0 Å². The third kappa shape index (κ3) is 4.09. The number of ketones is 1. The third-order valence-electron chi connectivity index (χ3n) is 5.10. The van der Waals surface area contributed by atoms with E-state index in [1.54, 1.807) is 72.9 Å². The van der Waals surface area contributed by atoms with Gasteiger partial charge in [-0.1, -0.05) is 30.7 Å². The first-order valence-corrected chi connectivity index (χ1v) is 10.6. The minimum Gasteiger partial charge on any atom is -0.507 e. The van der Waals surface area contributed by atoms with Crippen molar-refractivity contribution in [1.82, 2.24) is 4.98 Å². The third-order valence-corrected chi connectivity index (χ3v) is 5.33. The number of Topliss-reactive ketones (excluding diaryl/α,β-unsaturated/α-hetero) is 1. The number of rotatable bonds is 6. The van der Waals surface area contributed by atoms with Crippen LogP contribution in [0.1, 0.15) is 30.6 Å². The molecular formula is C25H21ClN2O4. The van der Waals surface area contributed by atoms with Crippen LogP contribution in [0.5, 0.6) is 5.75 Å². The number of carbonyl (C=O) groups excluding carboxylic acids is 2. The fourth-order valence-corrected chi connectivity index (χ4v) is 3.81. The molecule has 1 fully saturated rings. The largest absolute Gasteiger partial charge is 0.507 e. The number of aliphatic hydroxyl groups excluding tert-OH is 1. The number of amides is 1. The van der Waals surface area contributed by atoms with Crippen molar-refractivity contribution in [2.24, 2.45) is 0 Å². The van der Waals surface area contributed by atoms with Gasteiger partial charge in [0, 0.05) is 22.5 Å². The van der Waals surface area contributed by atoms with E-state index in [0.717, 1.165) is 6.42 Å². The Morgan fingerprint density at radius 1 is 1.09 bits per heavy atom. The van der Waals surface area contributed by atoms with Crippen LogP contribution in [0.15, 0.2) is 78.5 Å². The van der Waals surface area contributed by atoms with Gasteiger partial charge in [-0.05, 0) is 61.0 Å². The molecule has 0 saturated carbocycles. The summed E-state index contributed by atoms with van der Waals surface area (Å²) in [6.45, 7) is 2.59. The highest BCUT2D eigenvalue weighted by atomic mass is 35.5. The van der Waals surface area contributed by atoms with Gasteiger partial charge in [0.25, 0.3) is 11.7 Å². The highest BCUT2D eigenvalue weighted by Gasteiger charge is 2.47. The number of hydrogen-bond donors (Lipinski definition) is 1. The van der Waals surface area contributed by atoms with Gasteiger partial charge in [0.05, 0.1) is 17.9 Å². The van der Waals surface area contributed by atoms with E-state index in [4.69, 9.17) is 16.3 Å². The van der Waals surface area contributed by atoms with Crippen LogP contribution in [-0.2, 0) is 9.59 Å². The number of pyridine rings is 1. The fourth-order valence-electron chi connectivity index (χ4n) is 3.63. The molecule has 4 rings (SSSR count). The number of anilines is 1. The van der Waals surface area contributed by atoms with Gasteiger partial charge in [0.15, 0.2) is 0 Å². The van der Waals surface area contributed by atoms with Crippen molar-refractivity contribution in [1.29, 1.82) is 0 Å². The van der Waals surface area contributed by atoms with Crippen molar-refractivity contribution in [3.05, 3.63) is 94.8 Å². The highest BCUT2D eigenvalue weighted by Crippen LogP contribution is 2.42. The molecule has 0 bridgehead atoms. The van der Waals surface area contributed by atoms with Crippen molar-refractivity contribution < 1.29 is 19.4 Å². The van der Waals surface area contributed by atoms with E-state index in [9.17, 15) is 14.7 Å². The van der Waals surface area contributed by atoms with Gasteiger partial charge in [-0.15, -0.1) is 0 Å². The second-order valence-corrected chi connectivity index (χ2v) is 7.71. The van der Waals surface area contributed by atoms with Crippen LogP contribution in [0.2, 0.25) is 5.02 Å². The van der Waals surface area contributed by atoms with Gasteiger partial charge in [-0.3, -0.25) is 19.5 Å². The van der Waals surface area contributed by atoms with E-state index in [1.165, 1.54) is 4.90 Å². The van der Waals surface area contributed by atoms with Crippen LogP contribution in [-0.4, -0.2) is 28.4 Å². The smallest absolute Gasteiger partial charge is 0.300 e. The molecule has 0 spiro atoms. The summed E-state index contributed by atoms with van der Waals surface area (Å²) in [6.07, 6.45) is 2.45. The maximum Gasteiger partial charge on any atom is 0.300 e. The standard InChI is InChI=1S/C25H21ClN2O4/c1-2-14-32-19-11-9-16(10-12-19)23(29)21-22(20-8-3-4-13-27-20)28(25(31)24(21)30)18-7-5-6-17(26)15-18/h3-13,15,22,29H,2,14H2,1H3/b23-21+. The lowest BCUT2D eigenvalue weighted by Gasteiger charge is -2.24. The zero-order valence-corrected chi connectivity index (χ0v) is 18.1. The molecule has 1 aliphatic heterocycles. The van der Waals surface area contributed by atoms with E-state index in [1.807, 2.05) is 6.92 Å². The minimum absolute atomic E-state index is 0.0316. The Balaban J connectivity index is 1.84. The van der Waals surface area contributed by atoms with E-state index in [-0.39, 0.29) is 11.3 Å². The van der Waals surface area contributed by atoms with Crippen LogP contribution < -0.4 is 9.64 Å². The van der Waals surface area contributed by atoms with Gasteiger partial charge in [0.1, 0.15) is 17.6 Å². The topological polar surface area (TPSA) is 79.7 Å². The number of hydrogen-bond acceptors (Lipinski definition) is 5. The maximum absolute atomic E-state index is 13.1. The molecule has 162 valence electrons. The van der Waals surface area contributed by atoms with Crippen molar-refractivity contribution in [3.8, 4) is 5.75 Å². The van der Waals surface area contributed by atoms with Crippen LogP contribution in [0.4, 0.5) is 5.69 Å². The summed E-state index contributed by atoms with van der Waals surface area (Å²) < 4.78 is 5.58. The van der Waals surface area contributed by atoms with Crippen molar-refractivity contribution >= 4 is 34.7 Å². The number of aliphatic hydroxyl groups is 1. The molecule has 2 aromatic carbocycles. The second kappa shape index (κ2) is 9.24. The van der Waals surface area contributed by atoms with Crippen LogP contribution >= 0.6 is 11.6 Å². The lowest BCUT2D eigenvalue weighted by Crippen LogP contribution is -2.29. The molecule has 7 heteroatoms. The summed E-state index contributed by atoms with van der Waals surface area (Å²) in [5.41, 5.74) is 1.27. The Morgan fingerprint density at radius 2 is 1.88 bits per heavy atom. The minimum atomic E-state index is -0.898. The van der Waals surface area contributed by atoms with Gasteiger partial charge >= 0.3 is 0 Å². The molecule has 6 nitrogen and oxygen atoms in total. The Kier molecular flexibility index (Phi) is 6.23. The first-order chi connectivity index (χ1) is 15.5. The number of ether oxygens (including phenoxy) is 1. The van der Waals surface area contributed by atoms with E-state index in [0.29, 0.717) is 34.3 Å². The second-order valence-electron chi connectivity index (χ2n) is 7.28. The van der Waals surface area contributed by atoms with E-state index in [2.05, 4.69) is 4.98 Å². The molecule has 0 aliphatic carbocycles. The normalized spacial score (nSPS) is 17.6. The number of nitrogens with zero attached hydrogens (tertiary/aromatic N) is 2. The number of aromatic nitrogens is 1. The van der Waals surface area contributed by atoms with Gasteiger partial charge in [-0.2, -0.15) is 0 Å². The molecule has 1 aromatic heterocycles. The fraction of sp³-hybridized carbons (Fsp3) is 0.160. The lowest BCUT2D eigenvalue weighted by molar-refractivity contribution is -0.132. The maximum atomic E-state index is 13.1. The van der Waals surface area contributed by atoms with Gasteiger partial charge < -0.3 is 9.84 Å². The number of halogens is 1. The van der Waals surface area contributed by atoms with Crippen LogP contribution in [0.3, 0.4) is 0 Å². The lowest BCUT2D eigenvalue weighted by atomic mass is 9.98. The number of carbonyl (C=O) groups is 2. The molecule has 0 radical (unpaired) electrons. The molecular weight excluding hydrogens is 428 g/mol. The molecule has 32 heavy (non-hydrogen) atoms. The Hall–Kier alpha value is -3.64. The predicted molar refractivity (Wildman–Crippen MR) is 123 cm³/mol. The van der Waals surface area contributed by atoms with Crippen molar-refractivity contribution in [3.63, 3.8) is 0 Å². The molecule has 1 N–H and O–H groups in total. The molecule has 2 heterocycles. The molecule has 3 aromatic rings. The van der Waals surface area contributed by atoms with Crippen molar-refractivity contribution in [2.75, 3.05) is 11.5 Å². The first-order valence-electron chi connectivity index (χ1n) is 10.2. The molecule has 1 atom stereocenters. The average Bonchev–Trinajstić information content (AvgIpc) is 3.08. The highest BCUT2D eigenvalue weighted by molar-refractivity contribution is 6.51. The zero-order valence-electron chi connectivity index (χ0n) is 17.4. The first kappa shape index (κ1) is 21.6. The summed E-state index contributed by atoms with van der Waals surface area (Å²) in [7, 11) is 0. The average molecular weight is 449 g/mol. The van der Waals surface area contributed by atoms with Crippen LogP contribution in [0.25, 0.3) is 5.76 Å². The summed E-state index contributed by atoms with van der Waals surface area (Å²) in [5.74, 6) is -1.16.